The Kier molecular flexibility index (Phi) is 3.88. The molecule has 19 heavy (non-hydrogen) atoms. The van der Waals surface area contributed by atoms with Crippen LogP contribution in [0.4, 0.5) is 0 Å². The number of amides is 2. The Morgan fingerprint density at radius 2 is 1.84 bits per heavy atom. The predicted molar refractivity (Wildman–Crippen MR) is 73.6 cm³/mol. The van der Waals surface area contributed by atoms with Crippen LogP contribution in [0.15, 0.2) is 30.3 Å². The van der Waals surface area contributed by atoms with Crippen LogP contribution >= 0.6 is 0 Å². The van der Waals surface area contributed by atoms with E-state index in [1.165, 1.54) is 0 Å². The van der Waals surface area contributed by atoms with Crippen LogP contribution in [0.5, 0.6) is 0 Å². The first kappa shape index (κ1) is 13.6. The van der Waals surface area contributed by atoms with E-state index >= 15 is 0 Å². The van der Waals surface area contributed by atoms with E-state index in [-0.39, 0.29) is 24.4 Å². The smallest absolute Gasteiger partial charge is 0.239 e. The van der Waals surface area contributed by atoms with E-state index in [9.17, 15) is 9.59 Å². The summed E-state index contributed by atoms with van der Waals surface area (Å²) in [5.74, 6) is -0.190. The van der Waals surface area contributed by atoms with Crippen LogP contribution in [0.2, 0.25) is 0 Å². The van der Waals surface area contributed by atoms with Gasteiger partial charge in [0.1, 0.15) is 0 Å². The average molecular weight is 260 g/mol. The van der Waals surface area contributed by atoms with Crippen LogP contribution in [0.1, 0.15) is 32.3 Å². The lowest BCUT2D eigenvalue weighted by Crippen LogP contribution is -2.43. The molecule has 0 radical (unpaired) electrons. The minimum Gasteiger partial charge on any atom is -0.352 e. The summed E-state index contributed by atoms with van der Waals surface area (Å²) in [6, 6.07) is 9.85. The number of benzene rings is 1. The van der Waals surface area contributed by atoms with Gasteiger partial charge < -0.3 is 10.6 Å². The highest BCUT2D eigenvalue weighted by Crippen LogP contribution is 2.48. The normalized spacial score (nSPS) is 15.9. The fraction of sp³-hybridized carbons (Fsp3) is 0.467. The second-order valence-corrected chi connectivity index (χ2v) is 5.35. The molecule has 0 bridgehead atoms. The van der Waals surface area contributed by atoms with Crippen LogP contribution in [0, 0.1) is 0 Å². The highest BCUT2D eigenvalue weighted by atomic mass is 16.2. The summed E-state index contributed by atoms with van der Waals surface area (Å²) in [5.41, 5.74) is 0.635. The third-order valence-corrected chi connectivity index (χ3v) is 3.37. The summed E-state index contributed by atoms with van der Waals surface area (Å²) in [6.07, 6.45) is 1.71. The van der Waals surface area contributed by atoms with Crippen LogP contribution in [-0.2, 0) is 15.0 Å². The Balaban J connectivity index is 1.92. The Bertz CT molecular complexity index is 464. The van der Waals surface area contributed by atoms with Gasteiger partial charge in [-0.2, -0.15) is 0 Å². The zero-order chi connectivity index (χ0) is 13.9. The van der Waals surface area contributed by atoms with Crippen molar-refractivity contribution in [1.29, 1.82) is 0 Å². The summed E-state index contributed by atoms with van der Waals surface area (Å²) in [7, 11) is 0. The molecule has 1 aliphatic rings. The molecule has 0 unspecified atom stereocenters. The summed E-state index contributed by atoms with van der Waals surface area (Å²) in [4.78, 5) is 23.7. The lowest BCUT2D eigenvalue weighted by molar-refractivity contribution is -0.127. The SMILES string of the molecule is CC(C)NC(=O)CNC(=O)C1(c2ccccc2)CC1. The molecule has 1 saturated carbocycles. The molecular weight excluding hydrogens is 240 g/mol. The fourth-order valence-corrected chi connectivity index (χ4v) is 2.23. The number of hydrogen-bond acceptors (Lipinski definition) is 2. The van der Waals surface area contributed by atoms with Crippen molar-refractivity contribution in [3.05, 3.63) is 35.9 Å². The first-order valence-corrected chi connectivity index (χ1v) is 6.68. The van der Waals surface area contributed by atoms with Gasteiger partial charge in [0.05, 0.1) is 12.0 Å². The second kappa shape index (κ2) is 5.43. The van der Waals surface area contributed by atoms with E-state index in [1.807, 2.05) is 44.2 Å². The predicted octanol–water partition coefficient (Wildman–Crippen LogP) is 1.36. The van der Waals surface area contributed by atoms with E-state index in [0.717, 1.165) is 18.4 Å². The van der Waals surface area contributed by atoms with Crippen molar-refractivity contribution in [2.45, 2.75) is 38.1 Å². The molecule has 4 heteroatoms. The summed E-state index contributed by atoms with van der Waals surface area (Å²) in [5, 5.41) is 5.49. The van der Waals surface area contributed by atoms with Crippen molar-refractivity contribution in [3.8, 4) is 0 Å². The Hall–Kier alpha value is -1.84. The highest BCUT2D eigenvalue weighted by molar-refractivity contribution is 5.93. The average Bonchev–Trinajstić information content (AvgIpc) is 3.18. The van der Waals surface area contributed by atoms with Gasteiger partial charge in [0, 0.05) is 6.04 Å². The molecule has 2 rings (SSSR count). The van der Waals surface area contributed by atoms with E-state index in [2.05, 4.69) is 10.6 Å². The van der Waals surface area contributed by atoms with Crippen molar-refractivity contribution >= 4 is 11.8 Å². The molecule has 0 saturated heterocycles. The Morgan fingerprint density at radius 1 is 1.21 bits per heavy atom. The van der Waals surface area contributed by atoms with Gasteiger partial charge in [-0.25, -0.2) is 0 Å². The van der Waals surface area contributed by atoms with Gasteiger partial charge in [-0.1, -0.05) is 30.3 Å². The number of carbonyl (C=O) groups excluding carboxylic acids is 2. The van der Waals surface area contributed by atoms with Gasteiger partial charge in [-0.15, -0.1) is 0 Å². The van der Waals surface area contributed by atoms with Gasteiger partial charge in [-0.05, 0) is 32.3 Å². The van der Waals surface area contributed by atoms with Crippen molar-refractivity contribution in [2.24, 2.45) is 0 Å². The fourth-order valence-electron chi connectivity index (χ4n) is 2.23. The standard InChI is InChI=1S/C15H20N2O2/c1-11(2)17-13(18)10-16-14(19)15(8-9-15)12-6-4-3-5-7-12/h3-7,11H,8-10H2,1-2H3,(H,16,19)(H,17,18). The van der Waals surface area contributed by atoms with E-state index in [4.69, 9.17) is 0 Å². The van der Waals surface area contributed by atoms with Crippen LogP contribution in [0.3, 0.4) is 0 Å². The van der Waals surface area contributed by atoms with E-state index in [0.29, 0.717) is 0 Å². The summed E-state index contributed by atoms with van der Waals surface area (Å²) in [6.45, 7) is 3.84. The Morgan fingerprint density at radius 3 is 2.37 bits per heavy atom. The molecular formula is C15H20N2O2. The lowest BCUT2D eigenvalue weighted by Gasteiger charge is -2.16. The zero-order valence-corrected chi connectivity index (χ0v) is 11.4. The van der Waals surface area contributed by atoms with Gasteiger partial charge in [-0.3, -0.25) is 9.59 Å². The van der Waals surface area contributed by atoms with Crippen LogP contribution in [-0.4, -0.2) is 24.4 Å². The topological polar surface area (TPSA) is 58.2 Å². The minimum absolute atomic E-state index is 0.0439. The van der Waals surface area contributed by atoms with Gasteiger partial charge in [0.25, 0.3) is 0 Å². The molecule has 1 fully saturated rings. The second-order valence-electron chi connectivity index (χ2n) is 5.35. The molecule has 0 atom stereocenters. The third kappa shape index (κ3) is 3.13. The molecule has 0 aromatic heterocycles. The zero-order valence-electron chi connectivity index (χ0n) is 11.4. The maximum absolute atomic E-state index is 12.2. The van der Waals surface area contributed by atoms with Crippen molar-refractivity contribution in [3.63, 3.8) is 0 Å². The monoisotopic (exact) mass is 260 g/mol. The van der Waals surface area contributed by atoms with Gasteiger partial charge >= 0.3 is 0 Å². The van der Waals surface area contributed by atoms with Gasteiger partial charge in [0.15, 0.2) is 0 Å². The molecule has 102 valence electrons. The van der Waals surface area contributed by atoms with Crippen molar-refractivity contribution in [2.75, 3.05) is 6.54 Å². The van der Waals surface area contributed by atoms with Crippen LogP contribution in [0.25, 0.3) is 0 Å². The molecule has 2 amide bonds. The maximum Gasteiger partial charge on any atom is 0.239 e. The molecule has 0 aliphatic heterocycles. The van der Waals surface area contributed by atoms with Crippen molar-refractivity contribution < 1.29 is 9.59 Å². The van der Waals surface area contributed by atoms with E-state index < -0.39 is 5.41 Å². The summed E-state index contributed by atoms with van der Waals surface area (Å²) >= 11 is 0. The molecule has 0 heterocycles. The highest BCUT2D eigenvalue weighted by Gasteiger charge is 2.51. The minimum atomic E-state index is -0.403. The first-order valence-electron chi connectivity index (χ1n) is 6.68. The lowest BCUT2D eigenvalue weighted by atomic mass is 9.95. The Labute approximate surface area is 113 Å². The van der Waals surface area contributed by atoms with Crippen molar-refractivity contribution in [1.82, 2.24) is 10.6 Å². The first-order chi connectivity index (χ1) is 9.04. The third-order valence-electron chi connectivity index (χ3n) is 3.37. The number of rotatable bonds is 5. The quantitative estimate of drug-likeness (QED) is 0.840. The van der Waals surface area contributed by atoms with E-state index in [1.54, 1.807) is 0 Å². The number of nitrogens with one attached hydrogen (secondary N) is 2. The molecule has 2 N–H and O–H groups in total. The largest absolute Gasteiger partial charge is 0.352 e. The number of carbonyl (C=O) groups is 2. The maximum atomic E-state index is 12.2. The number of hydrogen-bond donors (Lipinski definition) is 2. The molecule has 1 aromatic carbocycles. The molecule has 4 nitrogen and oxygen atoms in total. The molecule has 0 spiro atoms. The molecule has 1 aromatic rings. The van der Waals surface area contributed by atoms with Crippen LogP contribution < -0.4 is 10.6 Å². The molecule has 1 aliphatic carbocycles. The van der Waals surface area contributed by atoms with Gasteiger partial charge in [0.2, 0.25) is 11.8 Å². The summed E-state index contributed by atoms with van der Waals surface area (Å²) < 4.78 is 0.